The van der Waals surface area contributed by atoms with Gasteiger partial charge in [0.2, 0.25) is 0 Å². The van der Waals surface area contributed by atoms with Gasteiger partial charge >= 0.3 is 0 Å². The first-order valence-corrected chi connectivity index (χ1v) is 7.21. The Labute approximate surface area is 128 Å². The van der Waals surface area contributed by atoms with Gasteiger partial charge in [0.25, 0.3) is 0 Å². The van der Waals surface area contributed by atoms with E-state index in [1.165, 1.54) is 0 Å². The van der Waals surface area contributed by atoms with Crippen molar-refractivity contribution < 1.29 is 14.6 Å². The number of ether oxygens (including phenoxy) is 2. The number of benzene rings is 2. The minimum absolute atomic E-state index is 0.249. The van der Waals surface area contributed by atoms with E-state index in [4.69, 9.17) is 21.1 Å². The van der Waals surface area contributed by atoms with E-state index in [0.717, 1.165) is 17.7 Å². The Bertz CT molecular complexity index is 628. The summed E-state index contributed by atoms with van der Waals surface area (Å²) in [6, 6.07) is 10.7. The average molecular weight is 306 g/mol. The second kappa shape index (κ2) is 6.14. The average Bonchev–Trinajstić information content (AvgIpc) is 2.72. The van der Waals surface area contributed by atoms with Crippen molar-refractivity contribution in [1.29, 1.82) is 0 Å². The first-order valence-electron chi connectivity index (χ1n) is 6.83. The Hall–Kier alpha value is -2.07. The molecule has 0 spiro atoms. The Morgan fingerprint density at radius 2 is 1.86 bits per heavy atom. The number of hydrogen-bond donors (Lipinski definition) is 2. The van der Waals surface area contributed by atoms with E-state index in [9.17, 15) is 5.11 Å². The fourth-order valence-corrected chi connectivity index (χ4v) is 2.46. The van der Waals surface area contributed by atoms with Crippen LogP contribution in [0.2, 0.25) is 5.02 Å². The van der Waals surface area contributed by atoms with Gasteiger partial charge in [-0.15, -0.1) is 0 Å². The number of hydrogen-bond acceptors (Lipinski definition) is 4. The van der Waals surface area contributed by atoms with E-state index < -0.39 is 0 Å². The predicted octanol–water partition coefficient (Wildman–Crippen LogP) is 3.82. The third-order valence-electron chi connectivity index (χ3n) is 3.23. The van der Waals surface area contributed by atoms with Crippen LogP contribution in [0.1, 0.15) is 12.0 Å². The molecule has 110 valence electrons. The van der Waals surface area contributed by atoms with E-state index >= 15 is 0 Å². The third-order valence-corrected chi connectivity index (χ3v) is 3.51. The van der Waals surface area contributed by atoms with Gasteiger partial charge in [-0.25, -0.2) is 0 Å². The number of fused-ring (bicyclic) bond motifs is 1. The molecule has 5 heteroatoms. The lowest BCUT2D eigenvalue weighted by Gasteiger charge is -2.12. The van der Waals surface area contributed by atoms with Crippen LogP contribution in [-0.2, 0) is 6.54 Å². The molecule has 2 aromatic carbocycles. The SMILES string of the molecule is Oc1ccc(NCc2cc(Cl)c3c(c2)OCCCO3)cc1. The van der Waals surface area contributed by atoms with Gasteiger partial charge in [-0.05, 0) is 42.0 Å². The van der Waals surface area contributed by atoms with E-state index in [-0.39, 0.29) is 5.75 Å². The molecule has 1 heterocycles. The van der Waals surface area contributed by atoms with Crippen molar-refractivity contribution in [3.8, 4) is 17.2 Å². The summed E-state index contributed by atoms with van der Waals surface area (Å²) in [4.78, 5) is 0. The maximum absolute atomic E-state index is 9.26. The molecule has 0 saturated heterocycles. The molecule has 0 amide bonds. The summed E-state index contributed by atoms with van der Waals surface area (Å²) in [5.41, 5.74) is 1.94. The van der Waals surface area contributed by atoms with Gasteiger partial charge < -0.3 is 19.9 Å². The molecular formula is C16H16ClNO3. The van der Waals surface area contributed by atoms with Gasteiger partial charge in [0, 0.05) is 18.7 Å². The molecule has 2 N–H and O–H groups in total. The van der Waals surface area contributed by atoms with Gasteiger partial charge in [-0.3, -0.25) is 0 Å². The van der Waals surface area contributed by atoms with Gasteiger partial charge in [-0.1, -0.05) is 11.6 Å². The van der Waals surface area contributed by atoms with Gasteiger partial charge in [0.15, 0.2) is 11.5 Å². The molecule has 0 atom stereocenters. The maximum Gasteiger partial charge on any atom is 0.179 e. The topological polar surface area (TPSA) is 50.7 Å². The molecule has 0 bridgehead atoms. The van der Waals surface area contributed by atoms with E-state index in [0.29, 0.717) is 36.3 Å². The lowest BCUT2D eigenvalue weighted by Crippen LogP contribution is -2.01. The van der Waals surface area contributed by atoms with Crippen molar-refractivity contribution in [2.75, 3.05) is 18.5 Å². The van der Waals surface area contributed by atoms with Crippen molar-refractivity contribution in [2.24, 2.45) is 0 Å². The lowest BCUT2D eigenvalue weighted by molar-refractivity contribution is 0.297. The van der Waals surface area contributed by atoms with Crippen molar-refractivity contribution >= 4 is 17.3 Å². The summed E-state index contributed by atoms with van der Waals surface area (Å²) in [6.45, 7) is 1.87. The Morgan fingerprint density at radius 1 is 1.10 bits per heavy atom. The highest BCUT2D eigenvalue weighted by atomic mass is 35.5. The third kappa shape index (κ3) is 3.34. The predicted molar refractivity (Wildman–Crippen MR) is 82.5 cm³/mol. The van der Waals surface area contributed by atoms with Crippen LogP contribution in [0, 0.1) is 0 Å². The fourth-order valence-electron chi connectivity index (χ4n) is 2.17. The zero-order chi connectivity index (χ0) is 14.7. The van der Waals surface area contributed by atoms with Crippen molar-refractivity contribution in [2.45, 2.75) is 13.0 Å². The van der Waals surface area contributed by atoms with Crippen LogP contribution < -0.4 is 14.8 Å². The number of anilines is 1. The number of phenolic OH excluding ortho intramolecular Hbond substituents is 1. The molecule has 21 heavy (non-hydrogen) atoms. The van der Waals surface area contributed by atoms with Crippen molar-refractivity contribution in [1.82, 2.24) is 0 Å². The molecule has 2 aromatic rings. The number of phenols is 1. The molecule has 0 unspecified atom stereocenters. The fraction of sp³-hybridized carbons (Fsp3) is 0.250. The molecule has 0 aromatic heterocycles. The Kier molecular flexibility index (Phi) is 4.06. The lowest BCUT2D eigenvalue weighted by atomic mass is 10.2. The summed E-state index contributed by atoms with van der Waals surface area (Å²) >= 11 is 6.26. The van der Waals surface area contributed by atoms with E-state index in [1.807, 2.05) is 24.3 Å². The molecule has 4 nitrogen and oxygen atoms in total. The number of nitrogens with one attached hydrogen (secondary N) is 1. The summed E-state index contributed by atoms with van der Waals surface area (Å²) < 4.78 is 11.3. The summed E-state index contributed by atoms with van der Waals surface area (Å²) in [5, 5.41) is 13.1. The van der Waals surface area contributed by atoms with Gasteiger partial charge in [-0.2, -0.15) is 0 Å². The smallest absolute Gasteiger partial charge is 0.179 e. The summed E-state index contributed by atoms with van der Waals surface area (Å²) in [6.07, 6.45) is 0.853. The first-order chi connectivity index (χ1) is 10.2. The van der Waals surface area contributed by atoms with Crippen LogP contribution in [0.15, 0.2) is 36.4 Å². The highest BCUT2D eigenvalue weighted by Crippen LogP contribution is 2.38. The number of rotatable bonds is 3. The largest absolute Gasteiger partial charge is 0.508 e. The van der Waals surface area contributed by atoms with Crippen molar-refractivity contribution in [3.05, 3.63) is 47.0 Å². The molecule has 1 aliphatic rings. The van der Waals surface area contributed by atoms with Crippen LogP contribution >= 0.6 is 11.6 Å². The molecule has 3 rings (SSSR count). The van der Waals surface area contributed by atoms with Crippen LogP contribution in [0.3, 0.4) is 0 Å². The quantitative estimate of drug-likeness (QED) is 0.847. The minimum Gasteiger partial charge on any atom is -0.508 e. The summed E-state index contributed by atoms with van der Waals surface area (Å²) in [5.74, 6) is 1.57. The van der Waals surface area contributed by atoms with Crippen LogP contribution in [0.25, 0.3) is 0 Å². The molecule has 1 aliphatic heterocycles. The highest BCUT2D eigenvalue weighted by Gasteiger charge is 2.15. The first kappa shape index (κ1) is 13.9. The Balaban J connectivity index is 1.75. The second-order valence-electron chi connectivity index (χ2n) is 4.86. The molecule has 0 saturated carbocycles. The van der Waals surface area contributed by atoms with Gasteiger partial charge in [0.05, 0.1) is 18.2 Å². The zero-order valence-corrected chi connectivity index (χ0v) is 12.2. The zero-order valence-electron chi connectivity index (χ0n) is 11.4. The highest BCUT2D eigenvalue weighted by molar-refractivity contribution is 6.32. The molecule has 0 fully saturated rings. The van der Waals surface area contributed by atoms with Crippen LogP contribution in [0.4, 0.5) is 5.69 Å². The molecule has 0 aliphatic carbocycles. The minimum atomic E-state index is 0.249. The monoisotopic (exact) mass is 305 g/mol. The van der Waals surface area contributed by atoms with Crippen LogP contribution in [-0.4, -0.2) is 18.3 Å². The van der Waals surface area contributed by atoms with Gasteiger partial charge in [0.1, 0.15) is 5.75 Å². The number of halogens is 1. The number of aromatic hydroxyl groups is 1. The van der Waals surface area contributed by atoms with E-state index in [1.54, 1.807) is 12.1 Å². The van der Waals surface area contributed by atoms with Crippen molar-refractivity contribution in [3.63, 3.8) is 0 Å². The molecule has 0 radical (unpaired) electrons. The maximum atomic E-state index is 9.26. The Morgan fingerprint density at radius 3 is 2.67 bits per heavy atom. The van der Waals surface area contributed by atoms with E-state index in [2.05, 4.69) is 5.32 Å². The second-order valence-corrected chi connectivity index (χ2v) is 5.26. The molecular weight excluding hydrogens is 290 g/mol. The standard InChI is InChI=1S/C16H16ClNO3/c17-14-8-11(9-15-16(14)21-7-1-6-20-15)10-18-12-2-4-13(19)5-3-12/h2-5,8-9,18-19H,1,6-7,10H2. The van der Waals surface area contributed by atoms with Crippen LogP contribution in [0.5, 0.6) is 17.2 Å². The summed E-state index contributed by atoms with van der Waals surface area (Å²) in [7, 11) is 0. The normalized spacial score (nSPS) is 13.6.